The summed E-state index contributed by atoms with van der Waals surface area (Å²) in [5.41, 5.74) is 0.584. The maximum Gasteiger partial charge on any atom is 0.350 e. The average Bonchev–Trinajstić information content (AvgIpc) is 3.37. The van der Waals surface area contributed by atoms with Crippen LogP contribution in [0.5, 0.6) is 5.75 Å². The number of nitrogens with zero attached hydrogens (tertiary/aromatic N) is 2. The molecule has 0 bridgehead atoms. The van der Waals surface area contributed by atoms with E-state index in [1.165, 1.54) is 18.1 Å². The molecule has 4 aromatic rings. The number of methoxy groups -OCH3 is 1. The Bertz CT molecular complexity index is 1560. The van der Waals surface area contributed by atoms with Gasteiger partial charge >= 0.3 is 5.97 Å². The maximum atomic E-state index is 14.0. The highest BCUT2D eigenvalue weighted by Gasteiger charge is 2.45. The normalized spacial score (nSPS) is 14.9. The summed E-state index contributed by atoms with van der Waals surface area (Å²) in [7, 11) is 1.51. The molecule has 1 atom stereocenters. The number of fused-ring (bicyclic) bond motifs is 2. The van der Waals surface area contributed by atoms with Gasteiger partial charge in [0, 0.05) is 0 Å². The Kier molecular flexibility index (Phi) is 5.60. The van der Waals surface area contributed by atoms with E-state index < -0.39 is 29.2 Å². The Balaban J connectivity index is 1.76. The van der Waals surface area contributed by atoms with Gasteiger partial charge in [0.2, 0.25) is 5.76 Å². The highest BCUT2D eigenvalue weighted by molar-refractivity contribution is 7.17. The summed E-state index contributed by atoms with van der Waals surface area (Å²) in [6.07, 6.45) is 0. The molecule has 178 valence electrons. The number of rotatable bonds is 5. The van der Waals surface area contributed by atoms with E-state index in [1.807, 2.05) is 0 Å². The number of anilines is 1. The number of hydrogen-bond donors (Lipinski definition) is 0. The van der Waals surface area contributed by atoms with Crippen LogP contribution >= 0.6 is 11.3 Å². The lowest BCUT2D eigenvalue weighted by atomic mass is 9.98. The van der Waals surface area contributed by atoms with Gasteiger partial charge in [-0.1, -0.05) is 23.5 Å². The van der Waals surface area contributed by atoms with Crippen LogP contribution in [0.3, 0.4) is 0 Å². The third-order valence-corrected chi connectivity index (χ3v) is 6.83. The van der Waals surface area contributed by atoms with Crippen LogP contribution < -0.4 is 15.1 Å². The highest BCUT2D eigenvalue weighted by atomic mass is 32.1. The number of halogens is 1. The Labute approximate surface area is 202 Å². The van der Waals surface area contributed by atoms with Crippen LogP contribution in [0.25, 0.3) is 11.0 Å². The van der Waals surface area contributed by atoms with Gasteiger partial charge in [0.05, 0.1) is 36.4 Å². The summed E-state index contributed by atoms with van der Waals surface area (Å²) in [6, 6.07) is 9.53. The predicted molar refractivity (Wildman–Crippen MR) is 127 cm³/mol. The Morgan fingerprint density at radius 3 is 2.77 bits per heavy atom. The molecule has 0 saturated heterocycles. The standard InChI is InChI=1S/C25H19FN2O6S/c1-4-33-24(31)22-12(2)27-25(35-22)28-19(13-6-5-7-15(10-13)32-3)18-20(29)16-11-14(26)8-9-17(16)34-21(18)23(28)30/h5-11,19H,4H2,1-3H3/t19-/m0/s1. The molecule has 0 fully saturated rings. The molecule has 5 rings (SSSR count). The molecule has 2 aromatic carbocycles. The Hall–Kier alpha value is -4.05. The fourth-order valence-corrected chi connectivity index (χ4v) is 5.13. The monoisotopic (exact) mass is 494 g/mol. The third-order valence-electron chi connectivity index (χ3n) is 5.69. The van der Waals surface area contributed by atoms with Crippen molar-refractivity contribution >= 4 is 39.3 Å². The van der Waals surface area contributed by atoms with E-state index in [4.69, 9.17) is 13.9 Å². The molecular formula is C25H19FN2O6S. The first-order valence-electron chi connectivity index (χ1n) is 10.7. The average molecular weight is 495 g/mol. The van der Waals surface area contributed by atoms with Crippen LogP contribution in [0.1, 0.15) is 50.0 Å². The number of benzene rings is 2. The van der Waals surface area contributed by atoms with Crippen LogP contribution in [-0.2, 0) is 4.74 Å². The maximum absolute atomic E-state index is 14.0. The lowest BCUT2D eigenvalue weighted by Crippen LogP contribution is -2.29. The zero-order chi connectivity index (χ0) is 24.9. The van der Waals surface area contributed by atoms with Crippen molar-refractivity contribution in [2.24, 2.45) is 0 Å². The fourth-order valence-electron chi connectivity index (χ4n) is 4.14. The second-order valence-corrected chi connectivity index (χ2v) is 8.78. The SMILES string of the molecule is CCOC(=O)c1sc(N2C(=O)c3oc4ccc(F)cc4c(=O)c3[C@@H]2c2cccc(OC)c2)nc1C. The molecule has 1 aliphatic rings. The molecule has 0 saturated carbocycles. The molecule has 35 heavy (non-hydrogen) atoms. The quantitative estimate of drug-likeness (QED) is 0.373. The second kappa shape index (κ2) is 8.62. The van der Waals surface area contributed by atoms with E-state index in [9.17, 15) is 18.8 Å². The summed E-state index contributed by atoms with van der Waals surface area (Å²) < 4.78 is 30.2. The molecule has 0 N–H and O–H groups in total. The molecular weight excluding hydrogens is 475 g/mol. The van der Waals surface area contributed by atoms with Gasteiger partial charge in [-0.15, -0.1) is 0 Å². The lowest BCUT2D eigenvalue weighted by Gasteiger charge is -2.22. The number of hydrogen-bond acceptors (Lipinski definition) is 8. The van der Waals surface area contributed by atoms with Gasteiger partial charge in [-0.05, 0) is 49.7 Å². The summed E-state index contributed by atoms with van der Waals surface area (Å²) in [5, 5.41) is 0.221. The molecule has 0 unspecified atom stereocenters. The fraction of sp³-hybridized carbons (Fsp3) is 0.200. The minimum Gasteiger partial charge on any atom is -0.497 e. The first kappa shape index (κ1) is 22.7. The molecule has 1 aliphatic heterocycles. The van der Waals surface area contributed by atoms with E-state index in [1.54, 1.807) is 38.1 Å². The largest absolute Gasteiger partial charge is 0.497 e. The van der Waals surface area contributed by atoms with E-state index in [0.29, 0.717) is 17.0 Å². The van der Waals surface area contributed by atoms with Crippen LogP contribution in [0.15, 0.2) is 51.7 Å². The van der Waals surface area contributed by atoms with E-state index >= 15 is 0 Å². The van der Waals surface area contributed by atoms with Crippen molar-refractivity contribution in [3.8, 4) is 5.75 Å². The first-order valence-corrected chi connectivity index (χ1v) is 11.5. The summed E-state index contributed by atoms with van der Waals surface area (Å²) >= 11 is 0.985. The van der Waals surface area contributed by atoms with Gasteiger partial charge < -0.3 is 13.9 Å². The van der Waals surface area contributed by atoms with Gasteiger partial charge in [-0.25, -0.2) is 14.2 Å². The zero-order valence-electron chi connectivity index (χ0n) is 19.0. The van der Waals surface area contributed by atoms with E-state index in [-0.39, 0.29) is 38.9 Å². The van der Waals surface area contributed by atoms with Gasteiger partial charge in [-0.2, -0.15) is 0 Å². The van der Waals surface area contributed by atoms with Gasteiger partial charge in [0.25, 0.3) is 5.91 Å². The molecule has 0 radical (unpaired) electrons. The van der Waals surface area contributed by atoms with Crippen molar-refractivity contribution < 1.29 is 27.9 Å². The molecule has 8 nitrogen and oxygen atoms in total. The van der Waals surface area contributed by atoms with Gasteiger partial charge in [-0.3, -0.25) is 14.5 Å². The predicted octanol–water partition coefficient (Wildman–Crippen LogP) is 4.63. The van der Waals surface area contributed by atoms with Crippen molar-refractivity contribution in [3.63, 3.8) is 0 Å². The first-order chi connectivity index (χ1) is 16.8. The smallest absolute Gasteiger partial charge is 0.350 e. The molecule has 10 heteroatoms. The number of carbonyl (C=O) groups is 2. The molecule has 3 heterocycles. The second-order valence-electron chi connectivity index (χ2n) is 7.80. The minimum atomic E-state index is -0.933. The zero-order valence-corrected chi connectivity index (χ0v) is 19.8. The van der Waals surface area contributed by atoms with Crippen molar-refractivity contribution in [2.75, 3.05) is 18.6 Å². The number of aromatic nitrogens is 1. The number of amides is 1. The summed E-state index contributed by atoms with van der Waals surface area (Å²) in [5.74, 6) is -1.39. The van der Waals surface area contributed by atoms with Gasteiger partial charge in [0.15, 0.2) is 10.6 Å². The Morgan fingerprint density at radius 1 is 1.23 bits per heavy atom. The topological polar surface area (TPSA) is 98.9 Å². The van der Waals surface area contributed by atoms with Crippen LogP contribution in [0.4, 0.5) is 9.52 Å². The number of carbonyl (C=O) groups excluding carboxylic acids is 2. The number of thiazole rings is 1. The van der Waals surface area contributed by atoms with Crippen LogP contribution in [0.2, 0.25) is 0 Å². The molecule has 0 aliphatic carbocycles. The van der Waals surface area contributed by atoms with Gasteiger partial charge in [0.1, 0.15) is 22.0 Å². The van der Waals surface area contributed by atoms with Crippen LogP contribution in [0, 0.1) is 12.7 Å². The Morgan fingerprint density at radius 2 is 2.03 bits per heavy atom. The van der Waals surface area contributed by atoms with E-state index in [2.05, 4.69) is 4.98 Å². The highest BCUT2D eigenvalue weighted by Crippen LogP contribution is 2.43. The molecule has 2 aromatic heterocycles. The van der Waals surface area contributed by atoms with Crippen molar-refractivity contribution in [1.82, 2.24) is 4.98 Å². The van der Waals surface area contributed by atoms with E-state index in [0.717, 1.165) is 23.5 Å². The number of ether oxygens (including phenoxy) is 2. The summed E-state index contributed by atoms with van der Waals surface area (Å²) in [4.78, 5) is 45.6. The van der Waals surface area contributed by atoms with Crippen molar-refractivity contribution in [1.29, 1.82) is 0 Å². The number of esters is 1. The van der Waals surface area contributed by atoms with Crippen LogP contribution in [-0.4, -0.2) is 30.6 Å². The lowest BCUT2D eigenvalue weighted by molar-refractivity contribution is 0.0531. The third kappa shape index (κ3) is 3.66. The molecule has 1 amide bonds. The summed E-state index contributed by atoms with van der Waals surface area (Å²) in [6.45, 7) is 3.52. The van der Waals surface area contributed by atoms with Crippen molar-refractivity contribution in [3.05, 3.63) is 86.0 Å². The van der Waals surface area contributed by atoms with Crippen molar-refractivity contribution in [2.45, 2.75) is 19.9 Å². The molecule has 0 spiro atoms. The number of aryl methyl sites for hydroxylation is 1. The minimum absolute atomic E-state index is 0.0221.